The van der Waals surface area contributed by atoms with Gasteiger partial charge in [-0.25, -0.2) is 9.97 Å². The lowest BCUT2D eigenvalue weighted by Gasteiger charge is -2.20. The van der Waals surface area contributed by atoms with Crippen molar-refractivity contribution in [2.75, 3.05) is 31.0 Å². The maximum absolute atomic E-state index is 11.5. The van der Waals surface area contributed by atoms with Crippen LogP contribution in [0.1, 0.15) is 6.92 Å². The monoisotopic (exact) mass is 317 g/mol. The summed E-state index contributed by atoms with van der Waals surface area (Å²) >= 11 is 0. The van der Waals surface area contributed by atoms with Crippen molar-refractivity contribution < 1.29 is 9.66 Å². The zero-order valence-electron chi connectivity index (χ0n) is 13.3. The molecule has 0 aliphatic carbocycles. The van der Waals surface area contributed by atoms with Crippen LogP contribution in [0, 0.1) is 10.1 Å². The second-order valence-corrected chi connectivity index (χ2v) is 5.05. The normalized spacial score (nSPS) is 11.8. The SMILES string of the molecule is COCC(C)Nc1ncnc(N(C)c2ccccc2)c1[N+](=O)[O-]. The highest BCUT2D eigenvalue weighted by Gasteiger charge is 2.26. The molecule has 1 aromatic carbocycles. The summed E-state index contributed by atoms with van der Waals surface area (Å²) in [5, 5.41) is 14.5. The van der Waals surface area contributed by atoms with E-state index >= 15 is 0 Å². The standard InChI is InChI=1S/C15H19N5O3/c1-11(9-23-3)18-14-13(20(21)22)15(17-10-16-14)19(2)12-7-5-4-6-8-12/h4-8,10-11H,9H2,1-3H3,(H,16,17,18). The van der Waals surface area contributed by atoms with Gasteiger partial charge in [0.05, 0.1) is 11.5 Å². The number of hydrogen-bond acceptors (Lipinski definition) is 7. The third-order valence-corrected chi connectivity index (χ3v) is 3.25. The Balaban J connectivity index is 2.42. The summed E-state index contributed by atoms with van der Waals surface area (Å²) in [5.74, 6) is 0.399. The number of rotatable bonds is 7. The minimum absolute atomic E-state index is 0.122. The van der Waals surface area contributed by atoms with E-state index in [4.69, 9.17) is 4.74 Å². The number of hydrogen-bond donors (Lipinski definition) is 1. The summed E-state index contributed by atoms with van der Waals surface area (Å²) in [7, 11) is 3.30. The zero-order chi connectivity index (χ0) is 16.8. The van der Waals surface area contributed by atoms with E-state index < -0.39 is 4.92 Å². The number of methoxy groups -OCH3 is 1. The van der Waals surface area contributed by atoms with Gasteiger partial charge in [-0.2, -0.15) is 0 Å². The second kappa shape index (κ2) is 7.50. The molecule has 1 unspecified atom stereocenters. The van der Waals surface area contributed by atoms with Crippen LogP contribution in [0.5, 0.6) is 0 Å². The van der Waals surface area contributed by atoms with Gasteiger partial charge in [0.25, 0.3) is 0 Å². The van der Waals surface area contributed by atoms with Gasteiger partial charge in [0.1, 0.15) is 6.33 Å². The van der Waals surface area contributed by atoms with Crippen LogP contribution in [0.4, 0.5) is 23.0 Å². The number of aromatic nitrogens is 2. The molecule has 1 atom stereocenters. The molecule has 8 heteroatoms. The van der Waals surface area contributed by atoms with Gasteiger partial charge < -0.3 is 15.0 Å². The van der Waals surface area contributed by atoms with Crippen molar-refractivity contribution in [3.63, 3.8) is 0 Å². The Morgan fingerprint density at radius 1 is 1.35 bits per heavy atom. The highest BCUT2D eigenvalue weighted by molar-refractivity contribution is 5.75. The van der Waals surface area contributed by atoms with Crippen LogP contribution in [0.3, 0.4) is 0 Å². The maximum Gasteiger partial charge on any atom is 0.353 e. The molecular weight excluding hydrogens is 298 g/mol. The van der Waals surface area contributed by atoms with Gasteiger partial charge in [-0.3, -0.25) is 10.1 Å². The van der Waals surface area contributed by atoms with Crippen LogP contribution >= 0.6 is 0 Å². The molecular formula is C15H19N5O3. The molecule has 0 spiro atoms. The van der Waals surface area contributed by atoms with E-state index in [0.29, 0.717) is 6.61 Å². The molecule has 23 heavy (non-hydrogen) atoms. The Morgan fingerprint density at radius 3 is 2.65 bits per heavy atom. The van der Waals surface area contributed by atoms with Crippen LogP contribution < -0.4 is 10.2 Å². The first-order chi connectivity index (χ1) is 11.0. The summed E-state index contributed by atoms with van der Waals surface area (Å²) in [5.41, 5.74) is 0.631. The average molecular weight is 317 g/mol. The quantitative estimate of drug-likeness (QED) is 0.619. The van der Waals surface area contributed by atoms with Crippen molar-refractivity contribution in [2.24, 2.45) is 0 Å². The fraction of sp³-hybridized carbons (Fsp3) is 0.333. The molecule has 1 aromatic heterocycles. The Morgan fingerprint density at radius 2 is 2.04 bits per heavy atom. The third-order valence-electron chi connectivity index (χ3n) is 3.25. The number of anilines is 3. The lowest BCUT2D eigenvalue weighted by Crippen LogP contribution is -2.23. The Hall–Kier alpha value is -2.74. The van der Waals surface area contributed by atoms with E-state index in [-0.39, 0.29) is 23.4 Å². The minimum Gasteiger partial charge on any atom is -0.383 e. The van der Waals surface area contributed by atoms with Gasteiger partial charge in [-0.1, -0.05) is 18.2 Å². The molecule has 1 N–H and O–H groups in total. The zero-order valence-corrected chi connectivity index (χ0v) is 13.3. The topological polar surface area (TPSA) is 93.4 Å². The smallest absolute Gasteiger partial charge is 0.353 e. The van der Waals surface area contributed by atoms with Crippen molar-refractivity contribution in [1.29, 1.82) is 0 Å². The molecule has 0 aliphatic heterocycles. The van der Waals surface area contributed by atoms with Crippen LogP contribution in [0.15, 0.2) is 36.7 Å². The first-order valence-electron chi connectivity index (χ1n) is 7.08. The van der Waals surface area contributed by atoms with Crippen molar-refractivity contribution in [2.45, 2.75) is 13.0 Å². The number of nitro groups is 1. The summed E-state index contributed by atoms with van der Waals surface area (Å²) in [6.07, 6.45) is 1.31. The van der Waals surface area contributed by atoms with Gasteiger partial charge in [0, 0.05) is 25.9 Å². The first kappa shape index (κ1) is 16.6. The molecule has 0 fully saturated rings. The highest BCUT2D eigenvalue weighted by Crippen LogP contribution is 2.34. The van der Waals surface area contributed by atoms with Crippen LogP contribution in [0.25, 0.3) is 0 Å². The lowest BCUT2D eigenvalue weighted by molar-refractivity contribution is -0.383. The van der Waals surface area contributed by atoms with Gasteiger partial charge in [-0.05, 0) is 19.1 Å². The molecule has 0 radical (unpaired) electrons. The molecule has 122 valence electrons. The Bertz CT molecular complexity index is 665. The fourth-order valence-electron chi connectivity index (χ4n) is 2.19. The second-order valence-electron chi connectivity index (χ2n) is 5.05. The van der Waals surface area contributed by atoms with Gasteiger partial charge in [0.2, 0.25) is 11.6 Å². The predicted molar refractivity (Wildman–Crippen MR) is 88.2 cm³/mol. The van der Waals surface area contributed by atoms with Gasteiger partial charge >= 0.3 is 5.69 Å². The van der Waals surface area contributed by atoms with Crippen molar-refractivity contribution in [3.05, 3.63) is 46.8 Å². The van der Waals surface area contributed by atoms with E-state index in [1.165, 1.54) is 6.33 Å². The summed E-state index contributed by atoms with van der Waals surface area (Å²) in [4.78, 5) is 20.8. The van der Waals surface area contributed by atoms with Crippen molar-refractivity contribution >= 4 is 23.0 Å². The van der Waals surface area contributed by atoms with Gasteiger partial charge in [0.15, 0.2) is 0 Å². The highest BCUT2D eigenvalue weighted by atomic mass is 16.6. The van der Waals surface area contributed by atoms with E-state index in [9.17, 15) is 10.1 Å². The molecule has 0 saturated heterocycles. The van der Waals surface area contributed by atoms with E-state index in [2.05, 4.69) is 15.3 Å². The number of para-hydroxylation sites is 1. The van der Waals surface area contributed by atoms with E-state index in [0.717, 1.165) is 5.69 Å². The molecule has 0 aliphatic rings. The molecule has 1 heterocycles. The largest absolute Gasteiger partial charge is 0.383 e. The van der Waals surface area contributed by atoms with E-state index in [1.807, 2.05) is 37.3 Å². The van der Waals surface area contributed by atoms with Crippen LogP contribution in [0.2, 0.25) is 0 Å². The molecule has 0 saturated carbocycles. The Labute approximate surface area is 134 Å². The first-order valence-corrected chi connectivity index (χ1v) is 7.08. The molecule has 8 nitrogen and oxygen atoms in total. The fourth-order valence-corrected chi connectivity index (χ4v) is 2.19. The minimum atomic E-state index is -0.476. The summed E-state index contributed by atoms with van der Waals surface area (Å²) in [6.45, 7) is 2.26. The molecule has 2 aromatic rings. The van der Waals surface area contributed by atoms with Crippen LogP contribution in [-0.2, 0) is 4.74 Å². The predicted octanol–water partition coefficient (Wildman–Crippen LogP) is 2.60. The number of ether oxygens (including phenoxy) is 1. The molecule has 0 amide bonds. The lowest BCUT2D eigenvalue weighted by atomic mass is 10.3. The maximum atomic E-state index is 11.5. The molecule has 2 rings (SSSR count). The van der Waals surface area contributed by atoms with Crippen molar-refractivity contribution in [1.82, 2.24) is 9.97 Å². The number of benzene rings is 1. The summed E-state index contributed by atoms with van der Waals surface area (Å²) < 4.78 is 5.04. The van der Waals surface area contributed by atoms with E-state index in [1.54, 1.807) is 19.1 Å². The molecule has 0 bridgehead atoms. The average Bonchev–Trinajstić information content (AvgIpc) is 2.54. The number of nitrogens with zero attached hydrogens (tertiary/aromatic N) is 4. The number of nitrogens with one attached hydrogen (secondary N) is 1. The summed E-state index contributed by atoms with van der Waals surface area (Å²) in [6, 6.07) is 9.19. The van der Waals surface area contributed by atoms with Crippen molar-refractivity contribution in [3.8, 4) is 0 Å². The van der Waals surface area contributed by atoms with Crippen LogP contribution in [-0.4, -0.2) is 41.7 Å². The van der Waals surface area contributed by atoms with Gasteiger partial charge in [-0.15, -0.1) is 0 Å². The third kappa shape index (κ3) is 3.92. The Kier molecular flexibility index (Phi) is 5.42.